The lowest BCUT2D eigenvalue weighted by Crippen LogP contribution is -2.26. The molecular weight excluding hydrogens is 390 g/mol. The Hall–Kier alpha value is -3.80. The monoisotopic (exact) mass is 415 g/mol. The Labute approximate surface area is 181 Å². The van der Waals surface area contributed by atoms with Crippen molar-refractivity contribution in [2.24, 2.45) is 0 Å². The Morgan fingerprint density at radius 1 is 1.13 bits per heavy atom. The summed E-state index contributed by atoms with van der Waals surface area (Å²) in [6, 6.07) is 18.4. The molecule has 158 valence electrons. The third-order valence-electron chi connectivity index (χ3n) is 5.36. The van der Waals surface area contributed by atoms with Gasteiger partial charge < -0.3 is 20.5 Å². The van der Waals surface area contributed by atoms with Crippen molar-refractivity contribution in [3.63, 3.8) is 0 Å². The molecule has 0 spiro atoms. The minimum Gasteiger partial charge on any atom is -0.493 e. The summed E-state index contributed by atoms with van der Waals surface area (Å²) in [5.74, 6) is 0.960. The van der Waals surface area contributed by atoms with Gasteiger partial charge in [-0.15, -0.1) is 0 Å². The smallest absolute Gasteiger partial charge is 0.407 e. The lowest BCUT2D eigenvalue weighted by Gasteiger charge is -2.14. The number of nitrogens with one attached hydrogen (secondary N) is 1. The molecule has 0 saturated carbocycles. The van der Waals surface area contributed by atoms with Crippen molar-refractivity contribution < 1.29 is 14.3 Å². The maximum absolute atomic E-state index is 12.2. The molecule has 0 radical (unpaired) electrons. The quantitative estimate of drug-likeness (QED) is 0.550. The number of aromatic nitrogens is 1. The van der Waals surface area contributed by atoms with E-state index in [2.05, 4.69) is 34.6 Å². The molecule has 1 amide bonds. The lowest BCUT2D eigenvalue weighted by atomic mass is 9.98. The van der Waals surface area contributed by atoms with Gasteiger partial charge >= 0.3 is 6.09 Å². The van der Waals surface area contributed by atoms with Crippen LogP contribution in [0.25, 0.3) is 17.2 Å². The molecule has 2 aromatic carbocycles. The molecule has 3 N–H and O–H groups in total. The first-order chi connectivity index (χ1) is 15.2. The van der Waals surface area contributed by atoms with Crippen LogP contribution < -0.4 is 15.8 Å². The number of methoxy groups -OCH3 is 1. The maximum atomic E-state index is 12.2. The summed E-state index contributed by atoms with van der Waals surface area (Å²) in [5, 5.41) is 2.80. The number of nitrogens with two attached hydrogens (primary N) is 1. The molecule has 0 unspecified atom stereocenters. The summed E-state index contributed by atoms with van der Waals surface area (Å²) in [7, 11) is 1.55. The van der Waals surface area contributed by atoms with E-state index in [1.165, 1.54) is 22.3 Å². The van der Waals surface area contributed by atoms with E-state index in [0.717, 1.165) is 5.56 Å². The van der Waals surface area contributed by atoms with Gasteiger partial charge in [0, 0.05) is 18.7 Å². The van der Waals surface area contributed by atoms with Crippen LogP contribution in [0.3, 0.4) is 0 Å². The minimum absolute atomic E-state index is 0.0612. The fourth-order valence-electron chi connectivity index (χ4n) is 3.85. The van der Waals surface area contributed by atoms with Crippen LogP contribution in [0.5, 0.6) is 5.75 Å². The van der Waals surface area contributed by atoms with Crippen molar-refractivity contribution in [2.45, 2.75) is 12.3 Å². The van der Waals surface area contributed by atoms with E-state index in [9.17, 15) is 4.79 Å². The number of carbonyl (C=O) groups is 1. The average molecular weight is 415 g/mol. The molecule has 1 heterocycles. The average Bonchev–Trinajstić information content (AvgIpc) is 3.12. The molecule has 6 heteroatoms. The Balaban J connectivity index is 1.27. The number of nitrogen functional groups attached to an aromatic ring is 1. The number of pyridine rings is 1. The second-order valence-electron chi connectivity index (χ2n) is 7.30. The number of amides is 1. The van der Waals surface area contributed by atoms with E-state index in [0.29, 0.717) is 31.1 Å². The zero-order valence-electron chi connectivity index (χ0n) is 17.4. The minimum atomic E-state index is -0.411. The van der Waals surface area contributed by atoms with Crippen molar-refractivity contribution in [1.29, 1.82) is 0 Å². The topological polar surface area (TPSA) is 86.5 Å². The van der Waals surface area contributed by atoms with Crippen molar-refractivity contribution >= 4 is 18.0 Å². The van der Waals surface area contributed by atoms with Crippen molar-refractivity contribution in [3.05, 3.63) is 83.6 Å². The normalized spacial score (nSPS) is 12.4. The Bertz CT molecular complexity index is 1070. The van der Waals surface area contributed by atoms with Crippen molar-refractivity contribution in [2.75, 3.05) is 26.0 Å². The van der Waals surface area contributed by atoms with E-state index < -0.39 is 6.09 Å². The van der Waals surface area contributed by atoms with Gasteiger partial charge in [-0.25, -0.2) is 9.78 Å². The van der Waals surface area contributed by atoms with Gasteiger partial charge in [-0.05, 0) is 40.3 Å². The Morgan fingerprint density at radius 2 is 1.81 bits per heavy atom. The molecule has 0 fully saturated rings. The number of hydrogen-bond acceptors (Lipinski definition) is 5. The summed E-state index contributed by atoms with van der Waals surface area (Å²) < 4.78 is 10.7. The molecule has 0 bridgehead atoms. The number of ether oxygens (including phenoxy) is 2. The molecule has 0 saturated heterocycles. The number of nitrogens with zero attached hydrogens (tertiary/aromatic N) is 1. The molecular formula is C25H25N3O3. The number of rotatable bonds is 7. The molecule has 1 aromatic heterocycles. The second-order valence-corrected chi connectivity index (χ2v) is 7.30. The number of fused-ring (bicyclic) bond motifs is 3. The maximum Gasteiger partial charge on any atom is 0.407 e. The third kappa shape index (κ3) is 4.53. The summed E-state index contributed by atoms with van der Waals surface area (Å²) >= 11 is 0. The highest BCUT2D eigenvalue weighted by Crippen LogP contribution is 2.44. The zero-order chi connectivity index (χ0) is 21.6. The van der Waals surface area contributed by atoms with Crippen LogP contribution in [-0.4, -0.2) is 31.3 Å². The first-order valence-corrected chi connectivity index (χ1v) is 10.2. The van der Waals surface area contributed by atoms with E-state index in [1.807, 2.05) is 42.5 Å². The molecule has 1 aliphatic rings. The number of alkyl carbamates (subject to hydrolysis) is 1. The summed E-state index contributed by atoms with van der Waals surface area (Å²) in [5.41, 5.74) is 11.4. The number of benzene rings is 2. The van der Waals surface area contributed by atoms with Gasteiger partial charge in [-0.1, -0.05) is 60.7 Å². The van der Waals surface area contributed by atoms with Crippen LogP contribution in [0.4, 0.5) is 10.6 Å². The second kappa shape index (κ2) is 9.34. The van der Waals surface area contributed by atoms with Gasteiger partial charge in [0.2, 0.25) is 0 Å². The predicted octanol–water partition coefficient (Wildman–Crippen LogP) is 4.61. The molecule has 31 heavy (non-hydrogen) atoms. The van der Waals surface area contributed by atoms with E-state index >= 15 is 0 Å². The number of carbonyl (C=O) groups excluding carboxylic acids is 1. The molecule has 4 rings (SSSR count). The van der Waals surface area contributed by atoms with Crippen LogP contribution in [0.2, 0.25) is 0 Å². The highest BCUT2D eigenvalue weighted by Gasteiger charge is 2.28. The van der Waals surface area contributed by atoms with Gasteiger partial charge in [-0.3, -0.25) is 0 Å². The highest BCUT2D eigenvalue weighted by atomic mass is 16.5. The highest BCUT2D eigenvalue weighted by molar-refractivity contribution is 5.79. The third-order valence-corrected chi connectivity index (χ3v) is 5.36. The van der Waals surface area contributed by atoms with Crippen LogP contribution in [0.15, 0.2) is 66.9 Å². The Morgan fingerprint density at radius 3 is 2.48 bits per heavy atom. The van der Waals surface area contributed by atoms with Crippen LogP contribution in [-0.2, 0) is 4.74 Å². The fourth-order valence-corrected chi connectivity index (χ4v) is 3.85. The first kappa shape index (κ1) is 20.5. The van der Waals surface area contributed by atoms with Crippen LogP contribution in [0, 0.1) is 0 Å². The van der Waals surface area contributed by atoms with Gasteiger partial charge in [0.05, 0.1) is 7.11 Å². The van der Waals surface area contributed by atoms with Crippen LogP contribution in [0.1, 0.15) is 29.0 Å². The van der Waals surface area contributed by atoms with Crippen LogP contribution >= 0.6 is 0 Å². The van der Waals surface area contributed by atoms with E-state index in [4.69, 9.17) is 15.2 Å². The van der Waals surface area contributed by atoms with Gasteiger partial charge in [0.15, 0.2) is 11.6 Å². The van der Waals surface area contributed by atoms with E-state index in [1.54, 1.807) is 13.3 Å². The molecule has 3 aromatic rings. The fraction of sp³-hybridized carbons (Fsp3) is 0.200. The number of hydrogen-bond donors (Lipinski definition) is 2. The standard InChI is InChI=1S/C25H25N3O3/c1-30-23-14-17(15-28-24(23)26)8-6-7-13-27-25(29)31-16-22-20-11-4-2-9-18(20)19-10-3-5-12-21(19)22/h2-6,8-12,14-15,22H,7,13,16H2,1H3,(H2,26,28)(H,27,29). The summed E-state index contributed by atoms with van der Waals surface area (Å²) in [6.07, 6.45) is 5.79. The number of anilines is 1. The zero-order valence-corrected chi connectivity index (χ0v) is 17.4. The van der Waals surface area contributed by atoms with Crippen molar-refractivity contribution in [1.82, 2.24) is 10.3 Å². The molecule has 6 nitrogen and oxygen atoms in total. The molecule has 0 aliphatic heterocycles. The largest absolute Gasteiger partial charge is 0.493 e. The van der Waals surface area contributed by atoms with E-state index in [-0.39, 0.29) is 5.92 Å². The van der Waals surface area contributed by atoms with Gasteiger partial charge in [-0.2, -0.15) is 0 Å². The Kier molecular flexibility index (Phi) is 6.17. The van der Waals surface area contributed by atoms with Gasteiger partial charge in [0.1, 0.15) is 6.61 Å². The SMILES string of the molecule is COc1cc(C=CCCNC(=O)OCC2c3ccccc3-c3ccccc32)cnc1N. The first-order valence-electron chi connectivity index (χ1n) is 10.2. The molecule has 0 atom stereocenters. The predicted molar refractivity (Wildman–Crippen MR) is 122 cm³/mol. The van der Waals surface area contributed by atoms with Crippen molar-refractivity contribution in [3.8, 4) is 16.9 Å². The summed E-state index contributed by atoms with van der Waals surface area (Å²) in [4.78, 5) is 16.3. The molecule has 1 aliphatic carbocycles. The lowest BCUT2D eigenvalue weighted by molar-refractivity contribution is 0.143. The summed E-state index contributed by atoms with van der Waals surface area (Å²) in [6.45, 7) is 0.791. The van der Waals surface area contributed by atoms with Gasteiger partial charge in [0.25, 0.3) is 0 Å².